The van der Waals surface area contributed by atoms with E-state index in [1.807, 2.05) is 24.3 Å². The molecule has 0 radical (unpaired) electrons. The highest BCUT2D eigenvalue weighted by Crippen LogP contribution is 2.48. The second kappa shape index (κ2) is 5.74. The summed E-state index contributed by atoms with van der Waals surface area (Å²) in [6, 6.07) is 7.72. The van der Waals surface area contributed by atoms with Crippen molar-refractivity contribution in [1.29, 1.82) is 0 Å². The van der Waals surface area contributed by atoms with Crippen molar-refractivity contribution in [3.05, 3.63) is 34.9 Å². The van der Waals surface area contributed by atoms with Crippen LogP contribution >= 0.6 is 11.6 Å². The van der Waals surface area contributed by atoms with Gasteiger partial charge in [-0.15, -0.1) is 0 Å². The monoisotopic (exact) mass is 292 g/mol. The summed E-state index contributed by atoms with van der Waals surface area (Å²) in [4.78, 5) is 14.9. The van der Waals surface area contributed by atoms with Crippen LogP contribution in [-0.2, 0) is 10.2 Å². The van der Waals surface area contributed by atoms with Crippen molar-refractivity contribution in [1.82, 2.24) is 10.2 Å². The smallest absolute Gasteiger partial charge is 0.230 e. The molecule has 1 aliphatic carbocycles. The van der Waals surface area contributed by atoms with Crippen molar-refractivity contribution in [3.8, 4) is 0 Å². The van der Waals surface area contributed by atoms with Crippen LogP contribution in [0.25, 0.3) is 0 Å². The molecule has 0 aromatic heterocycles. The van der Waals surface area contributed by atoms with Crippen molar-refractivity contribution in [2.75, 3.05) is 26.2 Å². The second-order valence-corrected chi connectivity index (χ2v) is 6.33. The van der Waals surface area contributed by atoms with Gasteiger partial charge in [-0.05, 0) is 56.5 Å². The highest BCUT2D eigenvalue weighted by atomic mass is 35.5. The van der Waals surface area contributed by atoms with Crippen LogP contribution in [0, 0.1) is 0 Å². The number of nitrogens with one attached hydrogen (secondary N) is 1. The number of halogens is 1. The van der Waals surface area contributed by atoms with E-state index >= 15 is 0 Å². The lowest BCUT2D eigenvalue weighted by atomic mass is 9.95. The summed E-state index contributed by atoms with van der Waals surface area (Å²) in [5.41, 5.74) is 0.749. The first-order valence-corrected chi connectivity index (χ1v) is 7.85. The molecule has 20 heavy (non-hydrogen) atoms. The fourth-order valence-electron chi connectivity index (χ4n) is 3.06. The molecule has 1 aliphatic heterocycles. The molecule has 0 bridgehead atoms. The number of amides is 1. The molecule has 0 spiro atoms. The van der Waals surface area contributed by atoms with E-state index < -0.39 is 0 Å². The zero-order valence-electron chi connectivity index (χ0n) is 11.7. The minimum absolute atomic E-state index is 0.166. The van der Waals surface area contributed by atoms with Gasteiger partial charge in [0.25, 0.3) is 0 Å². The maximum atomic E-state index is 12.4. The Morgan fingerprint density at radius 2 is 2.05 bits per heavy atom. The van der Waals surface area contributed by atoms with Gasteiger partial charge in [0.2, 0.25) is 5.91 Å². The standard InChI is InChI=1S/C16H21ClN2O/c17-14-5-3-4-13(12-14)16(6-7-16)15(20)18-8-11-19-9-1-2-10-19/h3-5,12H,1-2,6-11H2,(H,18,20). The summed E-state index contributed by atoms with van der Waals surface area (Å²) < 4.78 is 0. The maximum absolute atomic E-state index is 12.4. The Morgan fingerprint density at radius 3 is 2.70 bits per heavy atom. The van der Waals surface area contributed by atoms with Crippen LogP contribution in [0.2, 0.25) is 5.02 Å². The summed E-state index contributed by atoms with van der Waals surface area (Å²) in [6.07, 6.45) is 4.45. The minimum atomic E-state index is -0.310. The second-order valence-electron chi connectivity index (χ2n) is 5.90. The van der Waals surface area contributed by atoms with Crippen molar-refractivity contribution >= 4 is 17.5 Å². The van der Waals surface area contributed by atoms with Crippen molar-refractivity contribution in [3.63, 3.8) is 0 Å². The summed E-state index contributed by atoms with van der Waals surface area (Å²) in [6.45, 7) is 4.07. The van der Waals surface area contributed by atoms with Gasteiger partial charge in [0, 0.05) is 18.1 Å². The Kier molecular flexibility index (Phi) is 3.99. The fourth-order valence-corrected chi connectivity index (χ4v) is 3.25. The van der Waals surface area contributed by atoms with Crippen LogP contribution in [0.5, 0.6) is 0 Å². The minimum Gasteiger partial charge on any atom is -0.354 e. The lowest BCUT2D eigenvalue weighted by Crippen LogP contribution is -2.39. The van der Waals surface area contributed by atoms with E-state index in [2.05, 4.69) is 10.2 Å². The van der Waals surface area contributed by atoms with Crippen LogP contribution in [0.4, 0.5) is 0 Å². The predicted octanol–water partition coefficient (Wildman–Crippen LogP) is 2.58. The van der Waals surface area contributed by atoms with Gasteiger partial charge in [0.1, 0.15) is 0 Å². The molecule has 1 heterocycles. The lowest BCUT2D eigenvalue weighted by molar-refractivity contribution is -0.123. The van der Waals surface area contributed by atoms with Crippen LogP contribution in [-0.4, -0.2) is 37.0 Å². The molecule has 1 amide bonds. The predicted molar refractivity (Wildman–Crippen MR) is 81.0 cm³/mol. The van der Waals surface area contributed by atoms with E-state index in [-0.39, 0.29) is 11.3 Å². The van der Waals surface area contributed by atoms with Crippen LogP contribution in [0.3, 0.4) is 0 Å². The van der Waals surface area contributed by atoms with Gasteiger partial charge in [0.15, 0.2) is 0 Å². The van der Waals surface area contributed by atoms with E-state index in [4.69, 9.17) is 11.6 Å². The summed E-state index contributed by atoms with van der Waals surface area (Å²) in [5.74, 6) is 0.166. The number of rotatable bonds is 5. The van der Waals surface area contributed by atoms with Crippen LogP contribution < -0.4 is 5.32 Å². The highest BCUT2D eigenvalue weighted by molar-refractivity contribution is 6.30. The third-order valence-electron chi connectivity index (χ3n) is 4.47. The van der Waals surface area contributed by atoms with Gasteiger partial charge in [-0.3, -0.25) is 4.79 Å². The average molecular weight is 293 g/mol. The van der Waals surface area contributed by atoms with Crippen molar-refractivity contribution in [2.24, 2.45) is 0 Å². The van der Waals surface area contributed by atoms with Gasteiger partial charge in [-0.2, -0.15) is 0 Å². The molecule has 2 fully saturated rings. The number of carbonyl (C=O) groups excluding carboxylic acids is 1. The molecule has 1 N–H and O–H groups in total. The molecular formula is C16H21ClN2O. The maximum Gasteiger partial charge on any atom is 0.230 e. The number of hydrogen-bond donors (Lipinski definition) is 1. The molecule has 1 aromatic rings. The average Bonchev–Trinajstić information content (AvgIpc) is 3.10. The van der Waals surface area contributed by atoms with E-state index in [0.717, 1.165) is 31.5 Å². The quantitative estimate of drug-likeness (QED) is 0.905. The summed E-state index contributed by atoms with van der Waals surface area (Å²) in [5, 5.41) is 3.81. The Labute approximate surface area is 125 Å². The molecule has 1 saturated heterocycles. The normalized spacial score (nSPS) is 20.9. The first kappa shape index (κ1) is 13.9. The first-order valence-electron chi connectivity index (χ1n) is 7.47. The number of nitrogens with zero attached hydrogens (tertiary/aromatic N) is 1. The third-order valence-corrected chi connectivity index (χ3v) is 4.71. The molecule has 1 aromatic carbocycles. The largest absolute Gasteiger partial charge is 0.354 e. The zero-order chi connectivity index (χ0) is 14.0. The Morgan fingerprint density at radius 1 is 1.30 bits per heavy atom. The van der Waals surface area contributed by atoms with Gasteiger partial charge < -0.3 is 10.2 Å². The highest BCUT2D eigenvalue weighted by Gasteiger charge is 2.51. The molecule has 1 saturated carbocycles. The Balaban J connectivity index is 1.56. The number of benzene rings is 1. The van der Waals surface area contributed by atoms with Crippen LogP contribution in [0.15, 0.2) is 24.3 Å². The number of likely N-dealkylation sites (tertiary alicyclic amines) is 1. The van der Waals surface area contributed by atoms with Gasteiger partial charge in [-0.25, -0.2) is 0 Å². The molecule has 4 heteroatoms. The van der Waals surface area contributed by atoms with E-state index in [9.17, 15) is 4.79 Å². The van der Waals surface area contributed by atoms with Gasteiger partial charge >= 0.3 is 0 Å². The lowest BCUT2D eigenvalue weighted by Gasteiger charge is -2.18. The van der Waals surface area contributed by atoms with Crippen molar-refractivity contribution in [2.45, 2.75) is 31.1 Å². The third kappa shape index (κ3) is 2.84. The Hall–Kier alpha value is -1.06. The summed E-state index contributed by atoms with van der Waals surface area (Å²) in [7, 11) is 0. The fraction of sp³-hybridized carbons (Fsp3) is 0.562. The van der Waals surface area contributed by atoms with E-state index in [1.165, 1.54) is 25.9 Å². The molecule has 2 aliphatic rings. The van der Waals surface area contributed by atoms with Crippen molar-refractivity contribution < 1.29 is 4.79 Å². The molecule has 108 valence electrons. The van der Waals surface area contributed by atoms with Crippen LogP contribution in [0.1, 0.15) is 31.2 Å². The topological polar surface area (TPSA) is 32.3 Å². The first-order chi connectivity index (χ1) is 9.71. The molecular weight excluding hydrogens is 272 g/mol. The van der Waals surface area contributed by atoms with E-state index in [0.29, 0.717) is 5.02 Å². The Bertz CT molecular complexity index is 493. The molecule has 3 nitrogen and oxygen atoms in total. The summed E-state index contributed by atoms with van der Waals surface area (Å²) >= 11 is 6.04. The van der Waals surface area contributed by atoms with Gasteiger partial charge in [0.05, 0.1) is 5.41 Å². The number of carbonyl (C=O) groups is 1. The molecule has 0 atom stereocenters. The molecule has 3 rings (SSSR count). The number of hydrogen-bond acceptors (Lipinski definition) is 2. The SMILES string of the molecule is O=C(NCCN1CCCC1)C1(c2cccc(Cl)c2)CC1. The van der Waals surface area contributed by atoms with E-state index in [1.54, 1.807) is 0 Å². The van der Waals surface area contributed by atoms with Gasteiger partial charge in [-0.1, -0.05) is 23.7 Å². The zero-order valence-corrected chi connectivity index (χ0v) is 12.5. The molecule has 0 unspecified atom stereocenters.